The lowest BCUT2D eigenvalue weighted by Crippen LogP contribution is -2.38. The SMILES string of the molecule is CC[C@@H](NC1=NS(=O)N=C1Nc1cccc(C(=O)N2CCCC2CO)c1O)c1ccc(C)o1. The van der Waals surface area contributed by atoms with Crippen LogP contribution in [0.5, 0.6) is 5.75 Å². The molecule has 176 valence electrons. The van der Waals surface area contributed by atoms with Crippen LogP contribution in [0, 0.1) is 6.92 Å². The topological polar surface area (TPSA) is 140 Å². The van der Waals surface area contributed by atoms with Crippen LogP contribution in [0.4, 0.5) is 5.69 Å². The molecule has 0 aliphatic carbocycles. The number of amidine groups is 2. The van der Waals surface area contributed by atoms with Crippen molar-refractivity contribution in [2.75, 3.05) is 18.5 Å². The Kier molecular flexibility index (Phi) is 6.80. The van der Waals surface area contributed by atoms with Crippen molar-refractivity contribution in [1.29, 1.82) is 0 Å². The van der Waals surface area contributed by atoms with Crippen molar-refractivity contribution in [3.8, 4) is 5.75 Å². The minimum Gasteiger partial charge on any atom is -0.505 e. The van der Waals surface area contributed by atoms with Gasteiger partial charge in [0.1, 0.15) is 11.5 Å². The fourth-order valence-electron chi connectivity index (χ4n) is 4.01. The molecule has 2 aliphatic heterocycles. The summed E-state index contributed by atoms with van der Waals surface area (Å²) in [5.41, 5.74) is 0.346. The van der Waals surface area contributed by atoms with E-state index in [2.05, 4.69) is 19.4 Å². The smallest absolute Gasteiger partial charge is 0.269 e. The van der Waals surface area contributed by atoms with E-state index in [0.29, 0.717) is 18.7 Å². The van der Waals surface area contributed by atoms with E-state index in [9.17, 15) is 19.2 Å². The highest BCUT2D eigenvalue weighted by Gasteiger charge is 2.31. The summed E-state index contributed by atoms with van der Waals surface area (Å²) in [5.74, 6) is 1.35. The number of aromatic hydroxyl groups is 1. The van der Waals surface area contributed by atoms with Gasteiger partial charge in [-0.05, 0) is 50.5 Å². The molecule has 2 aliphatic rings. The third-order valence-electron chi connectivity index (χ3n) is 5.76. The summed E-state index contributed by atoms with van der Waals surface area (Å²) in [6.07, 6.45) is 2.21. The number of para-hydroxylation sites is 1. The maximum Gasteiger partial charge on any atom is 0.269 e. The van der Waals surface area contributed by atoms with Crippen molar-refractivity contribution in [3.63, 3.8) is 0 Å². The van der Waals surface area contributed by atoms with Gasteiger partial charge in [0, 0.05) is 6.54 Å². The molecule has 1 aromatic carbocycles. The normalized spacial score (nSPS) is 21.0. The van der Waals surface area contributed by atoms with Crippen LogP contribution in [0.15, 0.2) is 43.5 Å². The molecule has 2 unspecified atom stereocenters. The van der Waals surface area contributed by atoms with Crippen LogP contribution >= 0.6 is 0 Å². The van der Waals surface area contributed by atoms with Crippen molar-refractivity contribution in [2.24, 2.45) is 8.80 Å². The maximum atomic E-state index is 13.0. The highest BCUT2D eigenvalue weighted by molar-refractivity contribution is 7.83. The van der Waals surface area contributed by atoms with Crippen molar-refractivity contribution >= 4 is 34.4 Å². The zero-order valence-corrected chi connectivity index (χ0v) is 19.3. The van der Waals surface area contributed by atoms with Crippen LogP contribution in [0.2, 0.25) is 0 Å². The van der Waals surface area contributed by atoms with Crippen LogP contribution in [0.25, 0.3) is 0 Å². The molecular formula is C22H27N5O5S. The summed E-state index contributed by atoms with van der Waals surface area (Å²) in [6.45, 7) is 4.24. The Morgan fingerprint density at radius 1 is 1.30 bits per heavy atom. The van der Waals surface area contributed by atoms with Gasteiger partial charge in [0.05, 0.1) is 29.9 Å². The zero-order valence-electron chi connectivity index (χ0n) is 18.4. The number of benzene rings is 1. The monoisotopic (exact) mass is 473 g/mol. The zero-order chi connectivity index (χ0) is 23.5. The number of phenols is 1. The average Bonchev–Trinajstić information content (AvgIpc) is 3.53. The summed E-state index contributed by atoms with van der Waals surface area (Å²) < 4.78 is 25.8. The quantitative estimate of drug-likeness (QED) is 0.473. The van der Waals surface area contributed by atoms with Gasteiger partial charge in [-0.25, -0.2) is 4.21 Å². The number of nitrogens with zero attached hydrogens (tertiary/aromatic N) is 3. The summed E-state index contributed by atoms with van der Waals surface area (Å²) in [6, 6.07) is 8.02. The number of carbonyl (C=O) groups is 1. The first kappa shape index (κ1) is 23.0. The summed E-state index contributed by atoms with van der Waals surface area (Å²) >= 11 is -1.82. The Bertz CT molecular complexity index is 1130. The third kappa shape index (κ3) is 4.79. The predicted octanol–water partition coefficient (Wildman–Crippen LogP) is 2.43. The molecule has 1 fully saturated rings. The van der Waals surface area contributed by atoms with Crippen molar-refractivity contribution < 1.29 is 23.6 Å². The van der Waals surface area contributed by atoms with E-state index in [1.54, 1.807) is 17.0 Å². The Morgan fingerprint density at radius 3 is 2.79 bits per heavy atom. The van der Waals surface area contributed by atoms with Gasteiger partial charge in [-0.1, -0.05) is 13.0 Å². The maximum absolute atomic E-state index is 13.0. The van der Waals surface area contributed by atoms with Gasteiger partial charge in [0.15, 0.2) is 17.4 Å². The Morgan fingerprint density at radius 2 is 2.09 bits per heavy atom. The van der Waals surface area contributed by atoms with Gasteiger partial charge < -0.3 is 30.2 Å². The molecule has 10 nitrogen and oxygen atoms in total. The van der Waals surface area contributed by atoms with Gasteiger partial charge in [-0.3, -0.25) is 4.79 Å². The fraction of sp³-hybridized carbons (Fsp3) is 0.409. The second-order valence-electron chi connectivity index (χ2n) is 7.97. The number of amides is 1. The number of furan rings is 1. The first-order chi connectivity index (χ1) is 15.9. The van der Waals surface area contributed by atoms with Gasteiger partial charge in [-0.2, -0.15) is 0 Å². The number of hydrogen-bond acceptors (Lipinski definition) is 7. The molecule has 4 rings (SSSR count). The molecule has 0 bridgehead atoms. The second-order valence-corrected chi connectivity index (χ2v) is 8.79. The van der Waals surface area contributed by atoms with E-state index in [-0.39, 0.29) is 53.3 Å². The minimum atomic E-state index is -1.82. The summed E-state index contributed by atoms with van der Waals surface area (Å²) in [7, 11) is 0. The van der Waals surface area contributed by atoms with E-state index < -0.39 is 11.2 Å². The Balaban J connectivity index is 1.54. The number of phenolic OH excluding ortho intramolecular Hbond substituents is 1. The molecule has 11 heteroatoms. The molecule has 1 aromatic heterocycles. The summed E-state index contributed by atoms with van der Waals surface area (Å²) in [4.78, 5) is 14.6. The molecule has 33 heavy (non-hydrogen) atoms. The number of aliphatic hydroxyl groups excluding tert-OH is 1. The van der Waals surface area contributed by atoms with Crippen LogP contribution in [-0.4, -0.2) is 56.1 Å². The van der Waals surface area contributed by atoms with Gasteiger partial charge in [0.25, 0.3) is 17.1 Å². The van der Waals surface area contributed by atoms with Crippen LogP contribution < -0.4 is 10.6 Å². The van der Waals surface area contributed by atoms with E-state index in [4.69, 9.17) is 4.42 Å². The molecular weight excluding hydrogens is 446 g/mol. The summed E-state index contributed by atoms with van der Waals surface area (Å²) in [5, 5.41) is 26.5. The predicted molar refractivity (Wildman–Crippen MR) is 125 cm³/mol. The average molecular weight is 474 g/mol. The molecule has 0 spiro atoms. The number of rotatable bonds is 6. The standard InChI is InChI=1S/C22H27N5O5S/c1-3-16(18-10-9-13(2)32-18)23-20-21(26-33(31)25-20)24-17-8-4-7-15(19(17)29)22(30)27-11-5-6-14(27)12-28/h4,7-10,14,16,28-29H,3,5-6,11-12H2,1-2H3,(H,23,25)(H,24,26)/t14?,16-,33?/m1/s1. The number of carbonyl (C=O) groups excluding carboxylic acids is 1. The number of nitrogens with one attached hydrogen (secondary N) is 2. The number of aliphatic hydroxyl groups is 1. The van der Waals surface area contributed by atoms with Gasteiger partial charge >= 0.3 is 0 Å². The van der Waals surface area contributed by atoms with Gasteiger partial charge in [0.2, 0.25) is 0 Å². The number of hydrogen-bond donors (Lipinski definition) is 4. The Labute approximate surface area is 194 Å². The first-order valence-corrected chi connectivity index (χ1v) is 11.9. The van der Waals surface area contributed by atoms with Crippen molar-refractivity contribution in [1.82, 2.24) is 10.2 Å². The van der Waals surface area contributed by atoms with Crippen LogP contribution in [0.1, 0.15) is 54.1 Å². The largest absolute Gasteiger partial charge is 0.505 e. The lowest BCUT2D eigenvalue weighted by molar-refractivity contribution is 0.0674. The second kappa shape index (κ2) is 9.75. The molecule has 1 amide bonds. The third-order valence-corrected chi connectivity index (χ3v) is 6.43. The molecule has 0 radical (unpaired) electrons. The Hall–Kier alpha value is -3.18. The highest BCUT2D eigenvalue weighted by Crippen LogP contribution is 2.31. The van der Waals surface area contributed by atoms with E-state index >= 15 is 0 Å². The minimum absolute atomic E-state index is 0.115. The first-order valence-electron chi connectivity index (χ1n) is 10.8. The molecule has 0 saturated carbocycles. The van der Waals surface area contributed by atoms with Crippen LogP contribution in [0.3, 0.4) is 0 Å². The lowest BCUT2D eigenvalue weighted by Gasteiger charge is -2.24. The number of likely N-dealkylation sites (tertiary alicyclic amines) is 1. The van der Waals surface area contributed by atoms with Crippen molar-refractivity contribution in [3.05, 3.63) is 47.4 Å². The molecule has 2 aromatic rings. The molecule has 3 atom stereocenters. The lowest BCUT2D eigenvalue weighted by atomic mass is 10.1. The highest BCUT2D eigenvalue weighted by atomic mass is 32.2. The van der Waals surface area contributed by atoms with E-state index in [1.807, 2.05) is 26.0 Å². The molecule has 1 saturated heterocycles. The number of aryl methyl sites for hydroxylation is 1. The fourth-order valence-corrected chi connectivity index (χ4v) is 4.64. The van der Waals surface area contributed by atoms with Crippen LogP contribution in [-0.2, 0) is 11.2 Å². The number of anilines is 1. The molecule has 3 heterocycles. The van der Waals surface area contributed by atoms with Gasteiger partial charge in [-0.15, -0.1) is 8.80 Å². The van der Waals surface area contributed by atoms with E-state index in [0.717, 1.165) is 18.6 Å². The molecule has 4 N–H and O–H groups in total. The van der Waals surface area contributed by atoms with E-state index in [1.165, 1.54) is 6.07 Å². The van der Waals surface area contributed by atoms with Crippen molar-refractivity contribution in [2.45, 2.75) is 45.2 Å².